The van der Waals surface area contributed by atoms with E-state index in [4.69, 9.17) is 9.26 Å². The van der Waals surface area contributed by atoms with E-state index in [1.165, 1.54) is 70.6 Å². The first-order chi connectivity index (χ1) is 20.5. The molecule has 42 heavy (non-hydrogen) atoms. The first-order valence-electron chi connectivity index (χ1n) is 16.4. The molecule has 0 fully saturated rings. The molecular formula is C35H57O6P. The molecule has 0 spiro atoms. The quantitative estimate of drug-likeness (QED) is 0.0669. The van der Waals surface area contributed by atoms with Crippen molar-refractivity contribution in [3.8, 4) is 5.75 Å². The molecule has 2 aromatic carbocycles. The number of aliphatic hydroxyl groups is 2. The van der Waals surface area contributed by atoms with Gasteiger partial charge in [-0.3, -0.25) is 0 Å². The van der Waals surface area contributed by atoms with Crippen LogP contribution in [0.5, 0.6) is 5.75 Å². The lowest BCUT2D eigenvalue weighted by molar-refractivity contribution is -0.0703. The molecule has 6 nitrogen and oxygen atoms in total. The van der Waals surface area contributed by atoms with Crippen LogP contribution in [0.15, 0.2) is 48.5 Å². The number of aliphatic hydroxyl groups excluding tert-OH is 2. The predicted molar refractivity (Wildman–Crippen MR) is 174 cm³/mol. The summed E-state index contributed by atoms with van der Waals surface area (Å²) in [4.78, 5) is 19.1. The highest BCUT2D eigenvalue weighted by molar-refractivity contribution is 7.39. The summed E-state index contributed by atoms with van der Waals surface area (Å²) >= 11 is 0. The second-order valence-corrected chi connectivity index (χ2v) is 12.5. The average Bonchev–Trinajstić information content (AvgIpc) is 3.01. The lowest BCUT2D eigenvalue weighted by Gasteiger charge is -2.39. The van der Waals surface area contributed by atoms with Gasteiger partial charge in [-0.1, -0.05) is 133 Å². The first kappa shape index (κ1) is 36.7. The minimum absolute atomic E-state index is 0.255. The number of hydrogen-bond acceptors (Lipinski definition) is 6. The van der Waals surface area contributed by atoms with E-state index >= 15 is 0 Å². The molecule has 1 atom stereocenters. The molecule has 1 unspecified atom stereocenters. The fraction of sp³-hybridized carbons (Fsp3) is 0.657. The highest BCUT2D eigenvalue weighted by atomic mass is 31.2. The first-order valence-corrected chi connectivity index (χ1v) is 17.5. The lowest BCUT2D eigenvalue weighted by atomic mass is 9.78. The third kappa shape index (κ3) is 13.0. The van der Waals surface area contributed by atoms with E-state index in [2.05, 4.69) is 26.0 Å². The van der Waals surface area contributed by atoms with E-state index in [-0.39, 0.29) is 6.61 Å². The second-order valence-electron chi connectivity index (χ2n) is 11.8. The Morgan fingerprint density at radius 1 is 0.643 bits per heavy atom. The minimum Gasteiger partial charge on any atom is -0.485 e. The predicted octanol–water partition coefficient (Wildman–Crippen LogP) is 8.59. The lowest BCUT2D eigenvalue weighted by Crippen LogP contribution is -2.43. The van der Waals surface area contributed by atoms with Crippen molar-refractivity contribution in [2.75, 3.05) is 19.8 Å². The maximum absolute atomic E-state index is 10.7. The Bertz CT molecular complexity index is 949. The van der Waals surface area contributed by atoms with Crippen LogP contribution in [0.1, 0.15) is 127 Å². The highest BCUT2D eigenvalue weighted by Gasteiger charge is 2.43. The van der Waals surface area contributed by atoms with Crippen molar-refractivity contribution in [3.05, 3.63) is 65.2 Å². The zero-order chi connectivity index (χ0) is 30.5. The standard InChI is InChI=1S/C35H57O6P/c1-3-5-7-9-11-13-15-21-30-22-17-19-25-32(30)34(35(27-36,28-37)29-40-42(38)39)41-33-26-20-18-24-31(33)23-16-14-12-10-8-6-4-2/h17-20,22,24-26,34,36-39H,3-16,21,23,27-29H2,1-2H3. The van der Waals surface area contributed by atoms with Gasteiger partial charge in [0.2, 0.25) is 0 Å². The van der Waals surface area contributed by atoms with Crippen LogP contribution >= 0.6 is 8.60 Å². The van der Waals surface area contributed by atoms with E-state index in [1.807, 2.05) is 36.4 Å². The topological polar surface area (TPSA) is 99.4 Å². The molecule has 0 aliphatic rings. The van der Waals surface area contributed by atoms with E-state index < -0.39 is 33.3 Å². The Balaban J connectivity index is 2.28. The molecule has 0 saturated heterocycles. The molecule has 0 aliphatic carbocycles. The van der Waals surface area contributed by atoms with Gasteiger partial charge in [-0.05, 0) is 48.4 Å². The minimum atomic E-state index is -2.66. The number of ether oxygens (including phenoxy) is 1. The molecule has 7 heteroatoms. The van der Waals surface area contributed by atoms with Crippen molar-refractivity contribution in [1.29, 1.82) is 0 Å². The zero-order valence-corrected chi connectivity index (χ0v) is 27.1. The summed E-state index contributed by atoms with van der Waals surface area (Å²) in [6.07, 6.45) is 18.1. The smallest absolute Gasteiger partial charge is 0.327 e. The third-order valence-electron chi connectivity index (χ3n) is 8.31. The second kappa shape index (κ2) is 22.0. The van der Waals surface area contributed by atoms with Crippen LogP contribution in [0.3, 0.4) is 0 Å². The van der Waals surface area contributed by atoms with Gasteiger partial charge in [0.15, 0.2) is 0 Å². The fourth-order valence-corrected chi connectivity index (χ4v) is 5.98. The van der Waals surface area contributed by atoms with Gasteiger partial charge in [0.25, 0.3) is 0 Å². The molecule has 0 bridgehead atoms. The summed E-state index contributed by atoms with van der Waals surface area (Å²) in [5.41, 5.74) is 1.82. The Morgan fingerprint density at radius 2 is 1.12 bits per heavy atom. The van der Waals surface area contributed by atoms with Crippen molar-refractivity contribution in [2.24, 2.45) is 5.41 Å². The molecule has 0 aromatic heterocycles. The van der Waals surface area contributed by atoms with E-state index in [0.717, 1.165) is 54.5 Å². The van der Waals surface area contributed by atoms with Crippen LogP contribution < -0.4 is 4.74 Å². The number of rotatable bonds is 25. The molecule has 0 aliphatic heterocycles. The summed E-state index contributed by atoms with van der Waals surface area (Å²) in [6, 6.07) is 16.1. The summed E-state index contributed by atoms with van der Waals surface area (Å²) in [6.45, 7) is 3.33. The zero-order valence-electron chi connectivity index (χ0n) is 26.2. The molecule has 2 aromatic rings. The number of benzene rings is 2. The van der Waals surface area contributed by atoms with Gasteiger partial charge in [0, 0.05) is 0 Å². The van der Waals surface area contributed by atoms with Crippen LogP contribution in [-0.4, -0.2) is 39.8 Å². The monoisotopic (exact) mass is 604 g/mol. The van der Waals surface area contributed by atoms with Crippen LogP contribution in [0.4, 0.5) is 0 Å². The van der Waals surface area contributed by atoms with Crippen molar-refractivity contribution in [3.63, 3.8) is 0 Å². The largest absolute Gasteiger partial charge is 0.485 e. The van der Waals surface area contributed by atoms with Crippen LogP contribution in [-0.2, 0) is 17.4 Å². The van der Waals surface area contributed by atoms with Crippen LogP contribution in [0.2, 0.25) is 0 Å². The maximum atomic E-state index is 10.7. The van der Waals surface area contributed by atoms with Gasteiger partial charge in [0.05, 0.1) is 25.2 Å². The van der Waals surface area contributed by atoms with Crippen LogP contribution in [0.25, 0.3) is 0 Å². The Kier molecular flexibility index (Phi) is 19.2. The van der Waals surface area contributed by atoms with Gasteiger partial charge in [-0.15, -0.1) is 0 Å². The SMILES string of the molecule is CCCCCCCCCc1ccccc1OC(c1ccccc1CCCCCCCCC)C(CO)(CO)COP(O)O. The molecule has 4 N–H and O–H groups in total. The maximum Gasteiger partial charge on any atom is 0.327 e. The molecule has 0 radical (unpaired) electrons. The van der Waals surface area contributed by atoms with Gasteiger partial charge in [0.1, 0.15) is 11.9 Å². The van der Waals surface area contributed by atoms with Crippen molar-refractivity contribution in [2.45, 2.75) is 123 Å². The number of aryl methyl sites for hydroxylation is 2. The summed E-state index contributed by atoms with van der Waals surface area (Å²) in [5.74, 6) is 0.723. The molecule has 0 saturated carbocycles. The molecule has 0 heterocycles. The number of unbranched alkanes of at least 4 members (excludes halogenated alkanes) is 12. The highest BCUT2D eigenvalue weighted by Crippen LogP contribution is 2.43. The summed E-state index contributed by atoms with van der Waals surface area (Å²) < 4.78 is 12.0. The van der Waals surface area contributed by atoms with Gasteiger partial charge >= 0.3 is 8.60 Å². The van der Waals surface area contributed by atoms with Crippen molar-refractivity contribution in [1.82, 2.24) is 0 Å². The Labute approximate surface area is 256 Å². The van der Waals surface area contributed by atoms with Gasteiger partial charge < -0.3 is 29.3 Å². The molecule has 2 rings (SSSR count). The summed E-state index contributed by atoms with van der Waals surface area (Å²) in [5, 5.41) is 21.3. The molecule has 238 valence electrons. The third-order valence-corrected chi connectivity index (χ3v) is 8.67. The summed E-state index contributed by atoms with van der Waals surface area (Å²) in [7, 11) is -2.66. The fourth-order valence-electron chi connectivity index (χ4n) is 5.60. The molecular weight excluding hydrogens is 547 g/mol. The van der Waals surface area contributed by atoms with Crippen molar-refractivity contribution < 1.29 is 29.3 Å². The van der Waals surface area contributed by atoms with Crippen LogP contribution in [0, 0.1) is 5.41 Å². The van der Waals surface area contributed by atoms with Crippen molar-refractivity contribution >= 4 is 8.60 Å². The Morgan fingerprint density at radius 3 is 1.67 bits per heavy atom. The number of para-hydroxylation sites is 1. The van der Waals surface area contributed by atoms with Gasteiger partial charge in [-0.2, -0.15) is 0 Å². The van der Waals surface area contributed by atoms with Gasteiger partial charge in [-0.25, -0.2) is 0 Å². The molecule has 0 amide bonds. The number of hydrogen-bond donors (Lipinski definition) is 4. The van der Waals surface area contributed by atoms with E-state index in [1.54, 1.807) is 0 Å². The van der Waals surface area contributed by atoms with E-state index in [0.29, 0.717) is 0 Å². The Hall–Kier alpha value is -1.53. The normalized spacial score (nSPS) is 12.6. The van der Waals surface area contributed by atoms with E-state index in [9.17, 15) is 20.0 Å². The average molecular weight is 605 g/mol.